The molecule has 2 aliphatic rings. The first-order valence-electron chi connectivity index (χ1n) is 7.24. The van der Waals surface area contributed by atoms with E-state index in [1.807, 2.05) is 0 Å². The Labute approximate surface area is 109 Å². The molecule has 0 aromatic rings. The lowest BCUT2D eigenvalue weighted by Crippen LogP contribution is -2.22. The fraction of sp³-hybridized carbons (Fsp3) is 0.929. The first kappa shape index (κ1) is 13.7. The second-order valence-electron chi connectivity index (χ2n) is 5.38. The Balaban J connectivity index is 1.48. The molecule has 1 atom stereocenters. The van der Waals surface area contributed by atoms with E-state index in [1.165, 1.54) is 38.5 Å². The van der Waals surface area contributed by atoms with Gasteiger partial charge in [0.2, 0.25) is 5.79 Å². The summed E-state index contributed by atoms with van der Waals surface area (Å²) in [4.78, 5) is 11.2. The van der Waals surface area contributed by atoms with E-state index in [-0.39, 0.29) is 0 Å². The van der Waals surface area contributed by atoms with Crippen molar-refractivity contribution in [2.75, 3.05) is 13.2 Å². The maximum atomic E-state index is 11.2. The molecule has 104 valence electrons. The summed E-state index contributed by atoms with van der Waals surface area (Å²) < 4.78 is 15.2. The molecule has 0 aromatic heterocycles. The van der Waals surface area contributed by atoms with Crippen LogP contribution in [0, 0.1) is 5.92 Å². The monoisotopic (exact) mass is 256 g/mol. The summed E-state index contributed by atoms with van der Waals surface area (Å²) >= 11 is 0. The molecule has 18 heavy (non-hydrogen) atoms. The molecule has 4 heteroatoms. The van der Waals surface area contributed by atoms with Gasteiger partial charge in [0.25, 0.3) is 0 Å². The van der Waals surface area contributed by atoms with Gasteiger partial charge in [-0.1, -0.05) is 38.5 Å². The van der Waals surface area contributed by atoms with Crippen LogP contribution in [0.5, 0.6) is 0 Å². The van der Waals surface area contributed by atoms with Crippen molar-refractivity contribution in [2.45, 2.75) is 64.1 Å². The predicted octanol–water partition coefficient (Wildman–Crippen LogP) is 3.64. The van der Waals surface area contributed by atoms with Crippen LogP contribution in [0.1, 0.15) is 58.3 Å². The lowest BCUT2D eigenvalue weighted by atomic mass is 10.1. The van der Waals surface area contributed by atoms with Crippen molar-refractivity contribution in [3.63, 3.8) is 0 Å². The van der Waals surface area contributed by atoms with Crippen LogP contribution in [-0.4, -0.2) is 25.2 Å². The normalized spacial score (nSPS) is 25.8. The molecule has 0 amide bonds. The Hall–Kier alpha value is -0.770. The van der Waals surface area contributed by atoms with Gasteiger partial charge in [-0.25, -0.2) is 4.79 Å². The molecule has 0 N–H and O–H groups in total. The maximum Gasteiger partial charge on any atom is 0.510 e. The highest BCUT2D eigenvalue weighted by Gasteiger charge is 2.49. The number of epoxide rings is 1. The van der Waals surface area contributed by atoms with E-state index >= 15 is 0 Å². The van der Waals surface area contributed by atoms with Crippen molar-refractivity contribution >= 4 is 6.16 Å². The number of unbranched alkanes of at least 4 members (excludes halogenated alkanes) is 3. The van der Waals surface area contributed by atoms with E-state index in [0.717, 1.165) is 18.8 Å². The third-order valence-electron chi connectivity index (χ3n) is 3.61. The van der Waals surface area contributed by atoms with Gasteiger partial charge in [0.05, 0.1) is 6.61 Å². The Bertz CT molecular complexity index is 269. The largest absolute Gasteiger partial charge is 0.510 e. The van der Waals surface area contributed by atoms with Crippen LogP contribution in [-0.2, 0) is 14.2 Å². The van der Waals surface area contributed by atoms with Gasteiger partial charge in [0, 0.05) is 6.42 Å². The minimum absolute atomic E-state index is 0.343. The van der Waals surface area contributed by atoms with Crippen LogP contribution in [0.15, 0.2) is 0 Å². The standard InChI is InChI=1S/C14H24O4/c1-2-16-13(15)18-14(11-17-14)10-6-4-3-5-7-12-8-9-12/h12H,2-11H2,1H3. The second-order valence-corrected chi connectivity index (χ2v) is 5.38. The third-order valence-corrected chi connectivity index (χ3v) is 3.61. The van der Waals surface area contributed by atoms with Gasteiger partial charge in [-0.05, 0) is 19.3 Å². The van der Waals surface area contributed by atoms with Crippen LogP contribution in [0.2, 0.25) is 0 Å². The van der Waals surface area contributed by atoms with Gasteiger partial charge in [0.15, 0.2) is 0 Å². The van der Waals surface area contributed by atoms with Crippen molar-refractivity contribution in [1.29, 1.82) is 0 Å². The highest BCUT2D eigenvalue weighted by molar-refractivity contribution is 5.60. The molecule has 0 spiro atoms. The minimum atomic E-state index is -0.650. The van der Waals surface area contributed by atoms with Crippen LogP contribution in [0.25, 0.3) is 0 Å². The third kappa shape index (κ3) is 4.84. The maximum absolute atomic E-state index is 11.2. The Morgan fingerprint density at radius 2 is 2.00 bits per heavy atom. The highest BCUT2D eigenvalue weighted by atomic mass is 16.8. The highest BCUT2D eigenvalue weighted by Crippen LogP contribution is 2.36. The second kappa shape index (κ2) is 6.41. The quantitative estimate of drug-likeness (QED) is 0.359. The fourth-order valence-corrected chi connectivity index (χ4v) is 2.22. The molecule has 4 nitrogen and oxygen atoms in total. The number of carbonyl (C=O) groups excluding carboxylic acids is 1. The van der Waals surface area contributed by atoms with E-state index < -0.39 is 11.9 Å². The zero-order valence-corrected chi connectivity index (χ0v) is 11.3. The van der Waals surface area contributed by atoms with Crippen LogP contribution in [0.4, 0.5) is 4.79 Å². The van der Waals surface area contributed by atoms with Crippen molar-refractivity contribution in [3.8, 4) is 0 Å². The molecule has 0 bridgehead atoms. The summed E-state index contributed by atoms with van der Waals surface area (Å²) in [6.45, 7) is 2.63. The van der Waals surface area contributed by atoms with Gasteiger partial charge in [-0.2, -0.15) is 0 Å². The molecule has 0 aromatic carbocycles. The van der Waals surface area contributed by atoms with E-state index in [4.69, 9.17) is 14.2 Å². The average molecular weight is 256 g/mol. The minimum Gasteiger partial charge on any atom is -0.435 e. The summed E-state index contributed by atoms with van der Waals surface area (Å²) in [6.07, 6.45) is 9.38. The Kier molecular flexibility index (Phi) is 4.87. The first-order valence-corrected chi connectivity index (χ1v) is 7.24. The summed E-state index contributed by atoms with van der Waals surface area (Å²) in [5.41, 5.74) is 0. The van der Waals surface area contributed by atoms with E-state index in [1.54, 1.807) is 6.92 Å². The number of hydrogen-bond donors (Lipinski definition) is 0. The summed E-state index contributed by atoms with van der Waals surface area (Å²) in [5, 5.41) is 0. The molecule has 0 radical (unpaired) electrons. The summed E-state index contributed by atoms with van der Waals surface area (Å²) in [7, 11) is 0. The molecule has 1 aliphatic carbocycles. The SMILES string of the molecule is CCOC(=O)OC1(CCCCCCC2CC2)CO1. The van der Waals surface area contributed by atoms with Gasteiger partial charge in [-0.3, -0.25) is 0 Å². The summed E-state index contributed by atoms with van der Waals surface area (Å²) in [6, 6.07) is 0. The van der Waals surface area contributed by atoms with Crippen molar-refractivity contribution in [1.82, 2.24) is 0 Å². The number of hydrogen-bond acceptors (Lipinski definition) is 4. The zero-order chi connectivity index (χ0) is 12.8. The van der Waals surface area contributed by atoms with E-state index in [2.05, 4.69) is 0 Å². The van der Waals surface area contributed by atoms with Crippen LogP contribution < -0.4 is 0 Å². The molecule has 1 saturated carbocycles. The lowest BCUT2D eigenvalue weighted by molar-refractivity contribution is -0.0381. The first-order chi connectivity index (χ1) is 8.74. The lowest BCUT2D eigenvalue weighted by Gasteiger charge is -2.12. The van der Waals surface area contributed by atoms with Crippen LogP contribution >= 0.6 is 0 Å². The number of carbonyl (C=O) groups is 1. The van der Waals surface area contributed by atoms with Gasteiger partial charge in [-0.15, -0.1) is 0 Å². The Morgan fingerprint density at radius 1 is 1.28 bits per heavy atom. The van der Waals surface area contributed by atoms with Gasteiger partial charge < -0.3 is 14.2 Å². The van der Waals surface area contributed by atoms with Gasteiger partial charge >= 0.3 is 6.16 Å². The van der Waals surface area contributed by atoms with Crippen molar-refractivity contribution in [2.24, 2.45) is 5.92 Å². The van der Waals surface area contributed by atoms with Gasteiger partial charge in [0.1, 0.15) is 6.61 Å². The fourth-order valence-electron chi connectivity index (χ4n) is 2.22. The topological polar surface area (TPSA) is 48.1 Å². The molecule has 2 rings (SSSR count). The molecular weight excluding hydrogens is 232 g/mol. The van der Waals surface area contributed by atoms with E-state index in [9.17, 15) is 4.79 Å². The van der Waals surface area contributed by atoms with E-state index in [0.29, 0.717) is 13.2 Å². The molecule has 2 fully saturated rings. The molecular formula is C14H24O4. The Morgan fingerprint density at radius 3 is 2.61 bits per heavy atom. The average Bonchev–Trinajstić information content (AvgIpc) is 3.20. The molecule has 1 aliphatic heterocycles. The number of ether oxygens (including phenoxy) is 3. The zero-order valence-electron chi connectivity index (χ0n) is 11.3. The smallest absolute Gasteiger partial charge is 0.435 e. The molecule has 1 saturated heterocycles. The van der Waals surface area contributed by atoms with Crippen molar-refractivity contribution < 1.29 is 19.0 Å². The molecule has 1 heterocycles. The molecule has 1 unspecified atom stereocenters. The predicted molar refractivity (Wildman–Crippen MR) is 67.2 cm³/mol. The summed E-state index contributed by atoms with van der Waals surface area (Å²) in [5.74, 6) is 0.387. The van der Waals surface area contributed by atoms with Crippen molar-refractivity contribution in [3.05, 3.63) is 0 Å². The number of rotatable bonds is 9. The van der Waals surface area contributed by atoms with Crippen LogP contribution in [0.3, 0.4) is 0 Å².